The van der Waals surface area contributed by atoms with Gasteiger partial charge in [-0.2, -0.15) is 5.10 Å². The third-order valence-electron chi connectivity index (χ3n) is 4.29. The molecule has 7 nitrogen and oxygen atoms in total. The van der Waals surface area contributed by atoms with Crippen molar-refractivity contribution in [2.45, 2.75) is 56.6 Å². The van der Waals surface area contributed by atoms with Crippen LogP contribution in [0.15, 0.2) is 35.5 Å². The van der Waals surface area contributed by atoms with E-state index < -0.39 is 10.0 Å². The highest BCUT2D eigenvalue weighted by Gasteiger charge is 2.22. The molecule has 0 unspecified atom stereocenters. The summed E-state index contributed by atoms with van der Waals surface area (Å²) in [5, 5.41) is 7.36. The molecule has 0 radical (unpaired) electrons. The van der Waals surface area contributed by atoms with E-state index in [9.17, 15) is 8.42 Å². The van der Waals surface area contributed by atoms with Crippen molar-refractivity contribution in [3.05, 3.63) is 36.4 Å². The Morgan fingerprint density at radius 2 is 1.92 bits per heavy atom. The summed E-state index contributed by atoms with van der Waals surface area (Å²) in [6.45, 7) is 3.32. The molecule has 24 heavy (non-hydrogen) atoms. The lowest BCUT2D eigenvalue weighted by molar-refractivity contribution is 0.552. The van der Waals surface area contributed by atoms with Gasteiger partial charge in [0.15, 0.2) is 0 Å². The van der Waals surface area contributed by atoms with E-state index in [1.54, 1.807) is 24.3 Å². The monoisotopic (exact) mass is 349 g/mol. The molecule has 130 valence electrons. The number of hydrogen-bond acceptors (Lipinski definition) is 5. The summed E-state index contributed by atoms with van der Waals surface area (Å²) in [6, 6.07) is 6.88. The lowest BCUT2D eigenvalue weighted by Gasteiger charge is -2.13. The van der Waals surface area contributed by atoms with Gasteiger partial charge >= 0.3 is 0 Å². The highest BCUT2D eigenvalue weighted by molar-refractivity contribution is 7.89. The van der Waals surface area contributed by atoms with Crippen molar-refractivity contribution in [1.82, 2.24) is 19.5 Å². The quantitative estimate of drug-likeness (QED) is 0.799. The lowest BCUT2D eigenvalue weighted by Crippen LogP contribution is -2.32. The maximum Gasteiger partial charge on any atom is 0.240 e. The van der Waals surface area contributed by atoms with Crippen LogP contribution in [-0.2, 0) is 23.1 Å². The fourth-order valence-corrected chi connectivity index (χ4v) is 4.26. The number of aromatic nitrogens is 3. The van der Waals surface area contributed by atoms with Gasteiger partial charge in [-0.25, -0.2) is 22.8 Å². The number of hydrogen-bond donors (Lipinski definition) is 2. The first-order valence-electron chi connectivity index (χ1n) is 8.31. The fourth-order valence-electron chi connectivity index (χ4n) is 2.95. The molecule has 8 heteroatoms. The van der Waals surface area contributed by atoms with E-state index in [1.807, 2.05) is 11.6 Å². The van der Waals surface area contributed by atoms with Crippen LogP contribution in [0, 0.1) is 0 Å². The van der Waals surface area contributed by atoms with Crippen LogP contribution in [0.1, 0.15) is 38.4 Å². The van der Waals surface area contributed by atoms with Gasteiger partial charge in [-0.3, -0.25) is 0 Å². The van der Waals surface area contributed by atoms with Crippen LogP contribution in [0.5, 0.6) is 0 Å². The molecule has 1 aliphatic carbocycles. The molecule has 1 fully saturated rings. The zero-order valence-electron chi connectivity index (χ0n) is 13.8. The summed E-state index contributed by atoms with van der Waals surface area (Å²) >= 11 is 0. The van der Waals surface area contributed by atoms with Gasteiger partial charge in [-0.05, 0) is 44.0 Å². The first-order valence-corrected chi connectivity index (χ1v) is 9.80. The minimum Gasteiger partial charge on any atom is -0.378 e. The second-order valence-electron chi connectivity index (χ2n) is 5.97. The SMILES string of the molecule is CCn1ncnc1CNc1ccc(S(=O)(=O)NC2CCCC2)cc1. The Morgan fingerprint density at radius 3 is 2.58 bits per heavy atom. The molecule has 1 aliphatic rings. The Morgan fingerprint density at radius 1 is 1.21 bits per heavy atom. The Balaban J connectivity index is 1.62. The number of aryl methyl sites for hydroxylation is 1. The van der Waals surface area contributed by atoms with Crippen molar-refractivity contribution in [2.75, 3.05) is 5.32 Å². The van der Waals surface area contributed by atoms with Crippen LogP contribution in [0.25, 0.3) is 0 Å². The van der Waals surface area contributed by atoms with Crippen molar-refractivity contribution in [3.63, 3.8) is 0 Å². The second kappa shape index (κ2) is 7.31. The van der Waals surface area contributed by atoms with E-state index in [0.717, 1.165) is 43.7 Å². The molecule has 0 bridgehead atoms. The number of anilines is 1. The predicted octanol–water partition coefficient (Wildman–Crippen LogP) is 2.13. The zero-order chi connectivity index (χ0) is 17.0. The van der Waals surface area contributed by atoms with Crippen molar-refractivity contribution < 1.29 is 8.42 Å². The standard InChI is InChI=1S/C16H23N5O2S/c1-2-21-16(18-12-19-21)11-17-13-7-9-15(10-8-13)24(22,23)20-14-5-3-4-6-14/h7-10,12,14,17,20H,2-6,11H2,1H3. The van der Waals surface area contributed by atoms with Crippen LogP contribution in [0.4, 0.5) is 5.69 Å². The Hall–Kier alpha value is -1.93. The number of benzene rings is 1. The average Bonchev–Trinajstić information content (AvgIpc) is 3.24. The van der Waals surface area contributed by atoms with E-state index in [4.69, 9.17) is 0 Å². The summed E-state index contributed by atoms with van der Waals surface area (Å²) in [7, 11) is -3.43. The maximum atomic E-state index is 12.4. The minimum atomic E-state index is -3.43. The van der Waals surface area contributed by atoms with Crippen LogP contribution in [0.2, 0.25) is 0 Å². The number of sulfonamides is 1. The zero-order valence-corrected chi connectivity index (χ0v) is 14.6. The van der Waals surface area contributed by atoms with Crippen LogP contribution < -0.4 is 10.0 Å². The molecular formula is C16H23N5O2S. The van der Waals surface area contributed by atoms with Crippen molar-refractivity contribution in [3.8, 4) is 0 Å². The Labute approximate surface area is 142 Å². The van der Waals surface area contributed by atoms with Gasteiger partial charge in [0.25, 0.3) is 0 Å². The fraction of sp³-hybridized carbons (Fsp3) is 0.500. The summed E-state index contributed by atoms with van der Waals surface area (Å²) in [6.07, 6.45) is 5.58. The van der Waals surface area contributed by atoms with Crippen molar-refractivity contribution in [1.29, 1.82) is 0 Å². The number of nitrogens with zero attached hydrogens (tertiary/aromatic N) is 3. The third-order valence-corrected chi connectivity index (χ3v) is 5.82. The van der Waals surface area contributed by atoms with E-state index in [1.165, 1.54) is 6.33 Å². The van der Waals surface area contributed by atoms with E-state index in [2.05, 4.69) is 20.1 Å². The summed E-state index contributed by atoms with van der Waals surface area (Å²) in [4.78, 5) is 4.50. The van der Waals surface area contributed by atoms with Crippen molar-refractivity contribution >= 4 is 15.7 Å². The lowest BCUT2D eigenvalue weighted by atomic mass is 10.3. The normalized spacial score (nSPS) is 15.7. The van der Waals surface area contributed by atoms with Crippen LogP contribution in [0.3, 0.4) is 0 Å². The number of rotatable bonds is 7. The van der Waals surface area contributed by atoms with Gasteiger partial charge in [0.05, 0.1) is 11.4 Å². The molecule has 3 rings (SSSR count). The van der Waals surface area contributed by atoms with Crippen LogP contribution in [-0.4, -0.2) is 29.2 Å². The Bertz CT molecular complexity index is 764. The van der Waals surface area contributed by atoms with Crippen LogP contribution >= 0.6 is 0 Å². The highest BCUT2D eigenvalue weighted by atomic mass is 32.2. The minimum absolute atomic E-state index is 0.0770. The van der Waals surface area contributed by atoms with Gasteiger partial charge < -0.3 is 5.32 Å². The largest absolute Gasteiger partial charge is 0.378 e. The number of nitrogens with one attached hydrogen (secondary N) is 2. The summed E-state index contributed by atoms with van der Waals surface area (Å²) in [5.41, 5.74) is 0.848. The molecule has 0 spiro atoms. The van der Waals surface area contributed by atoms with E-state index >= 15 is 0 Å². The molecule has 1 heterocycles. The Kier molecular flexibility index (Phi) is 5.15. The molecule has 2 N–H and O–H groups in total. The molecule has 1 saturated carbocycles. The summed E-state index contributed by atoms with van der Waals surface area (Å²) < 4.78 is 29.4. The molecule has 1 aromatic heterocycles. The molecule has 0 aliphatic heterocycles. The molecule has 0 saturated heterocycles. The third kappa shape index (κ3) is 3.93. The summed E-state index contributed by atoms with van der Waals surface area (Å²) in [5.74, 6) is 0.845. The van der Waals surface area contributed by atoms with Gasteiger partial charge in [0, 0.05) is 18.3 Å². The average molecular weight is 349 g/mol. The van der Waals surface area contributed by atoms with Gasteiger partial charge in [0.1, 0.15) is 12.2 Å². The first-order chi connectivity index (χ1) is 11.6. The van der Waals surface area contributed by atoms with Gasteiger partial charge in [0.2, 0.25) is 10.0 Å². The molecule has 1 aromatic carbocycles. The molecular weight excluding hydrogens is 326 g/mol. The molecule has 2 aromatic rings. The molecule has 0 atom stereocenters. The second-order valence-corrected chi connectivity index (χ2v) is 7.69. The molecule has 0 amide bonds. The topological polar surface area (TPSA) is 88.9 Å². The predicted molar refractivity (Wildman–Crippen MR) is 92.0 cm³/mol. The maximum absolute atomic E-state index is 12.4. The van der Waals surface area contributed by atoms with Crippen molar-refractivity contribution in [2.24, 2.45) is 0 Å². The highest BCUT2D eigenvalue weighted by Crippen LogP contribution is 2.21. The van der Waals surface area contributed by atoms with Gasteiger partial charge in [-0.1, -0.05) is 12.8 Å². The smallest absolute Gasteiger partial charge is 0.240 e. The van der Waals surface area contributed by atoms with Gasteiger partial charge in [-0.15, -0.1) is 0 Å². The first kappa shape index (κ1) is 16.9. The van der Waals surface area contributed by atoms with E-state index in [-0.39, 0.29) is 6.04 Å². The van der Waals surface area contributed by atoms with E-state index in [0.29, 0.717) is 11.4 Å².